The molecule has 1 saturated heterocycles. The Labute approximate surface area is 160 Å². The van der Waals surface area contributed by atoms with Crippen LogP contribution < -0.4 is 5.32 Å². The fourth-order valence-corrected chi connectivity index (χ4v) is 4.59. The van der Waals surface area contributed by atoms with Crippen LogP contribution in [0.4, 0.5) is 0 Å². The zero-order valence-electron chi connectivity index (χ0n) is 15.8. The third kappa shape index (κ3) is 4.05. The van der Waals surface area contributed by atoms with E-state index in [0.29, 0.717) is 11.5 Å². The van der Waals surface area contributed by atoms with Crippen LogP contribution in [-0.4, -0.2) is 46.2 Å². The van der Waals surface area contributed by atoms with Crippen LogP contribution in [0.15, 0.2) is 35.1 Å². The molecule has 4 rings (SSSR count). The Kier molecular flexibility index (Phi) is 5.53. The van der Waals surface area contributed by atoms with E-state index in [1.54, 1.807) is 0 Å². The first kappa shape index (κ1) is 18.2. The number of amides is 1. The van der Waals surface area contributed by atoms with Crippen LogP contribution in [0.2, 0.25) is 0 Å². The molecule has 1 saturated carbocycles. The average Bonchev–Trinajstić information content (AvgIpc) is 3.28. The summed E-state index contributed by atoms with van der Waals surface area (Å²) in [6.07, 6.45) is 11.5. The van der Waals surface area contributed by atoms with Crippen LogP contribution in [0.5, 0.6) is 0 Å². The summed E-state index contributed by atoms with van der Waals surface area (Å²) in [5.74, 6) is 0.460. The van der Waals surface area contributed by atoms with Gasteiger partial charge in [0.2, 0.25) is 12.3 Å². The fourth-order valence-electron chi connectivity index (χ4n) is 4.59. The van der Waals surface area contributed by atoms with Crippen LogP contribution >= 0.6 is 0 Å². The Morgan fingerprint density at radius 2 is 1.74 bits per heavy atom. The Morgan fingerprint density at radius 3 is 2.41 bits per heavy atom. The quantitative estimate of drug-likeness (QED) is 0.872. The molecule has 144 valence electrons. The normalized spacial score (nSPS) is 20.3. The molecule has 0 spiro atoms. The van der Waals surface area contributed by atoms with Crippen molar-refractivity contribution in [2.24, 2.45) is 0 Å². The summed E-state index contributed by atoms with van der Waals surface area (Å²) in [4.78, 5) is 15.4. The van der Waals surface area contributed by atoms with Gasteiger partial charge in [-0.1, -0.05) is 25.7 Å². The molecule has 1 aromatic heterocycles. The fraction of sp³-hybridized carbons (Fsp3) is 0.571. The molecule has 1 aliphatic carbocycles. The van der Waals surface area contributed by atoms with Gasteiger partial charge in [0.15, 0.2) is 0 Å². The van der Waals surface area contributed by atoms with Crippen molar-refractivity contribution in [3.8, 4) is 11.5 Å². The van der Waals surface area contributed by atoms with Gasteiger partial charge in [0.25, 0.3) is 5.91 Å². The second-order valence-corrected chi connectivity index (χ2v) is 7.84. The summed E-state index contributed by atoms with van der Waals surface area (Å²) < 4.78 is 5.20. The van der Waals surface area contributed by atoms with Gasteiger partial charge in [-0.15, -0.1) is 10.2 Å². The molecule has 1 aliphatic heterocycles. The van der Waals surface area contributed by atoms with Crippen LogP contribution in [-0.2, 0) is 0 Å². The standard InChI is InChI=1S/C21H28N4O2/c26-19(17-7-9-18(10-8-17)20-24-23-16-27-20)22-15-21(11-3-1-4-12-21)25-13-5-2-6-14-25/h7-10,16H,1-6,11-15H2,(H,22,26). The first-order valence-electron chi connectivity index (χ1n) is 10.2. The van der Waals surface area contributed by atoms with Crippen molar-refractivity contribution in [2.45, 2.75) is 56.9 Å². The summed E-state index contributed by atoms with van der Waals surface area (Å²) in [6.45, 7) is 3.10. The number of rotatable bonds is 5. The van der Waals surface area contributed by atoms with Gasteiger partial charge in [-0.25, -0.2) is 0 Å². The molecule has 6 nitrogen and oxygen atoms in total. The number of carbonyl (C=O) groups is 1. The van der Waals surface area contributed by atoms with E-state index in [1.165, 1.54) is 70.8 Å². The van der Waals surface area contributed by atoms with Crippen molar-refractivity contribution in [3.05, 3.63) is 36.2 Å². The summed E-state index contributed by atoms with van der Waals surface area (Å²) in [5.41, 5.74) is 1.64. The zero-order valence-corrected chi connectivity index (χ0v) is 15.8. The van der Waals surface area contributed by atoms with Gasteiger partial charge < -0.3 is 9.73 Å². The molecule has 1 aromatic carbocycles. The zero-order chi connectivity index (χ0) is 18.5. The van der Waals surface area contributed by atoms with Crippen LogP contribution in [0.1, 0.15) is 61.7 Å². The number of nitrogens with zero attached hydrogens (tertiary/aromatic N) is 3. The van der Waals surface area contributed by atoms with Gasteiger partial charge in [-0.05, 0) is 63.0 Å². The molecule has 1 N–H and O–H groups in total. The predicted molar refractivity (Wildman–Crippen MR) is 103 cm³/mol. The number of carbonyl (C=O) groups excluding carboxylic acids is 1. The number of piperidine rings is 1. The van der Waals surface area contributed by atoms with Crippen LogP contribution in [0.25, 0.3) is 11.5 Å². The number of nitrogens with one attached hydrogen (secondary N) is 1. The summed E-state index contributed by atoms with van der Waals surface area (Å²) in [7, 11) is 0. The first-order valence-corrected chi connectivity index (χ1v) is 10.2. The second-order valence-electron chi connectivity index (χ2n) is 7.84. The lowest BCUT2D eigenvalue weighted by Gasteiger charge is -2.48. The maximum atomic E-state index is 12.7. The Bertz CT molecular complexity index is 730. The topological polar surface area (TPSA) is 71.3 Å². The van der Waals surface area contributed by atoms with E-state index < -0.39 is 0 Å². The number of hydrogen-bond acceptors (Lipinski definition) is 5. The minimum absolute atomic E-state index is 0.00552. The van der Waals surface area contributed by atoms with Crippen LogP contribution in [0, 0.1) is 0 Å². The first-order chi connectivity index (χ1) is 13.3. The van der Waals surface area contributed by atoms with E-state index in [4.69, 9.17) is 4.42 Å². The van der Waals surface area contributed by atoms with E-state index in [9.17, 15) is 4.79 Å². The average molecular weight is 368 g/mol. The van der Waals surface area contributed by atoms with E-state index in [-0.39, 0.29) is 11.4 Å². The van der Waals surface area contributed by atoms with E-state index in [0.717, 1.165) is 12.1 Å². The SMILES string of the molecule is O=C(NCC1(N2CCCCC2)CCCCC1)c1ccc(-c2nnco2)cc1. The van der Waals surface area contributed by atoms with E-state index >= 15 is 0 Å². The molecule has 27 heavy (non-hydrogen) atoms. The Hall–Kier alpha value is -2.21. The maximum Gasteiger partial charge on any atom is 0.251 e. The molecule has 2 fully saturated rings. The van der Waals surface area contributed by atoms with Gasteiger partial charge in [0, 0.05) is 23.2 Å². The van der Waals surface area contributed by atoms with Gasteiger partial charge in [-0.2, -0.15) is 0 Å². The molecule has 0 atom stereocenters. The lowest BCUT2D eigenvalue weighted by atomic mass is 9.79. The van der Waals surface area contributed by atoms with Crippen LogP contribution in [0.3, 0.4) is 0 Å². The molecule has 0 bridgehead atoms. The molecule has 1 amide bonds. The molecular formula is C21H28N4O2. The molecule has 2 aliphatic rings. The highest BCUT2D eigenvalue weighted by molar-refractivity contribution is 5.94. The van der Waals surface area contributed by atoms with Crippen molar-refractivity contribution in [1.29, 1.82) is 0 Å². The maximum absolute atomic E-state index is 12.7. The molecule has 0 radical (unpaired) electrons. The van der Waals surface area contributed by atoms with Gasteiger partial charge >= 0.3 is 0 Å². The molecular weight excluding hydrogens is 340 g/mol. The summed E-state index contributed by atoms with van der Waals surface area (Å²) in [5, 5.41) is 10.8. The van der Waals surface area contributed by atoms with Gasteiger partial charge in [-0.3, -0.25) is 9.69 Å². The molecule has 2 heterocycles. The van der Waals surface area contributed by atoms with Crippen molar-refractivity contribution >= 4 is 5.91 Å². The lowest BCUT2D eigenvalue weighted by Crippen LogP contribution is -2.58. The molecule has 2 aromatic rings. The summed E-state index contributed by atoms with van der Waals surface area (Å²) in [6, 6.07) is 7.35. The highest BCUT2D eigenvalue weighted by Gasteiger charge is 2.38. The Morgan fingerprint density at radius 1 is 1.04 bits per heavy atom. The summed E-state index contributed by atoms with van der Waals surface area (Å²) >= 11 is 0. The monoisotopic (exact) mass is 368 g/mol. The highest BCUT2D eigenvalue weighted by Crippen LogP contribution is 2.35. The minimum atomic E-state index is -0.00552. The van der Waals surface area contributed by atoms with Crippen molar-refractivity contribution in [1.82, 2.24) is 20.4 Å². The smallest absolute Gasteiger partial charge is 0.251 e. The third-order valence-electron chi connectivity index (χ3n) is 6.14. The Balaban J connectivity index is 1.41. The van der Waals surface area contributed by atoms with Gasteiger partial charge in [0.1, 0.15) is 0 Å². The van der Waals surface area contributed by atoms with Crippen molar-refractivity contribution < 1.29 is 9.21 Å². The van der Waals surface area contributed by atoms with Crippen molar-refractivity contribution in [3.63, 3.8) is 0 Å². The largest absolute Gasteiger partial charge is 0.423 e. The minimum Gasteiger partial charge on any atom is -0.423 e. The number of benzene rings is 1. The predicted octanol–water partition coefficient (Wildman–Crippen LogP) is 3.66. The lowest BCUT2D eigenvalue weighted by molar-refractivity contribution is 0.0326. The van der Waals surface area contributed by atoms with Crippen molar-refractivity contribution in [2.75, 3.05) is 19.6 Å². The number of hydrogen-bond donors (Lipinski definition) is 1. The second kappa shape index (κ2) is 8.21. The van der Waals surface area contributed by atoms with E-state index in [2.05, 4.69) is 20.4 Å². The van der Waals surface area contributed by atoms with Gasteiger partial charge in [0.05, 0.1) is 0 Å². The number of aromatic nitrogens is 2. The third-order valence-corrected chi connectivity index (χ3v) is 6.14. The highest BCUT2D eigenvalue weighted by atomic mass is 16.4. The molecule has 0 unspecified atom stereocenters. The molecule has 6 heteroatoms. The van der Waals surface area contributed by atoms with E-state index in [1.807, 2.05) is 24.3 Å². The number of likely N-dealkylation sites (tertiary alicyclic amines) is 1.